The minimum atomic E-state index is -0.374. The van der Waals surface area contributed by atoms with Gasteiger partial charge in [0.05, 0.1) is 17.1 Å². The molecule has 2 aromatic carbocycles. The Labute approximate surface area is 210 Å². The summed E-state index contributed by atoms with van der Waals surface area (Å²) < 4.78 is 7.03. The molecule has 0 saturated carbocycles. The van der Waals surface area contributed by atoms with Crippen molar-refractivity contribution in [3.63, 3.8) is 0 Å². The third-order valence-electron chi connectivity index (χ3n) is 6.13. The maximum atomic E-state index is 12.7. The predicted molar refractivity (Wildman–Crippen MR) is 143 cm³/mol. The van der Waals surface area contributed by atoms with Crippen molar-refractivity contribution in [2.24, 2.45) is 0 Å². The molecule has 1 amide bonds. The number of amides is 1. The molecule has 0 bridgehead atoms. The highest BCUT2D eigenvalue weighted by Crippen LogP contribution is 2.26. The van der Waals surface area contributed by atoms with E-state index < -0.39 is 0 Å². The average molecular weight is 483 g/mol. The Morgan fingerprint density at radius 2 is 1.72 bits per heavy atom. The van der Waals surface area contributed by atoms with E-state index in [4.69, 9.17) is 9.72 Å². The van der Waals surface area contributed by atoms with Crippen LogP contribution >= 0.6 is 0 Å². The van der Waals surface area contributed by atoms with Crippen molar-refractivity contribution in [3.8, 4) is 5.75 Å². The second-order valence-electron chi connectivity index (χ2n) is 8.83. The Bertz CT molecular complexity index is 1450. The Balaban J connectivity index is 1.54. The second kappa shape index (κ2) is 10.5. The highest BCUT2D eigenvalue weighted by molar-refractivity contribution is 6.02. The number of fused-ring (bicyclic) bond motifs is 1. The summed E-state index contributed by atoms with van der Waals surface area (Å²) in [5.41, 5.74) is 8.78. The molecule has 0 atom stereocenters. The maximum Gasteiger partial charge on any atom is 0.308 e. The van der Waals surface area contributed by atoms with Crippen molar-refractivity contribution in [2.75, 3.05) is 10.6 Å². The van der Waals surface area contributed by atoms with Gasteiger partial charge in [-0.3, -0.25) is 9.59 Å². The first-order valence-electron chi connectivity index (χ1n) is 11.8. The number of rotatable bonds is 7. The third-order valence-corrected chi connectivity index (χ3v) is 6.13. The minimum absolute atomic E-state index is 0.256. The molecule has 7 nitrogen and oxygen atoms in total. The number of hydrogen-bond acceptors (Lipinski definition) is 5. The highest BCUT2D eigenvalue weighted by atomic mass is 16.5. The van der Waals surface area contributed by atoms with E-state index in [0.717, 1.165) is 28.3 Å². The van der Waals surface area contributed by atoms with Crippen LogP contribution in [0.1, 0.15) is 40.6 Å². The molecule has 0 aliphatic heterocycles. The average Bonchev–Trinajstić information content (AvgIpc) is 3.11. The number of nitrogens with zero attached hydrogens (tertiary/aromatic N) is 2. The Morgan fingerprint density at radius 1 is 1.03 bits per heavy atom. The first-order valence-corrected chi connectivity index (χ1v) is 11.8. The van der Waals surface area contributed by atoms with Crippen LogP contribution in [0.25, 0.3) is 11.7 Å². The molecule has 0 spiro atoms. The van der Waals surface area contributed by atoms with Crippen molar-refractivity contribution in [1.82, 2.24) is 9.38 Å². The summed E-state index contributed by atoms with van der Waals surface area (Å²) in [5.74, 6) is -0.168. The molecule has 2 N–H and O–H groups in total. The Hall–Kier alpha value is -4.39. The number of hydrogen-bond donors (Lipinski definition) is 2. The lowest BCUT2D eigenvalue weighted by Gasteiger charge is -2.14. The standard InChI is InChI=1S/C29H30N4O3/c1-18-7-6-8-19(2)26(18)16-30-27-15-24(17-33-21(4)20(3)31-29(27)33)32-28(35)14-11-23-9-12-25(13-10-23)36-22(5)34/h6-15,17,30H,16H2,1-5H3,(H,32,35)/b14-11+. The quantitative estimate of drug-likeness (QED) is 0.199. The zero-order valence-electron chi connectivity index (χ0n) is 21.2. The molecule has 0 aliphatic carbocycles. The van der Waals surface area contributed by atoms with Crippen molar-refractivity contribution < 1.29 is 14.3 Å². The molecule has 4 aromatic rings. The van der Waals surface area contributed by atoms with E-state index in [2.05, 4.69) is 42.7 Å². The fourth-order valence-electron chi connectivity index (χ4n) is 4.05. The highest BCUT2D eigenvalue weighted by Gasteiger charge is 2.13. The van der Waals surface area contributed by atoms with Gasteiger partial charge in [-0.25, -0.2) is 4.98 Å². The van der Waals surface area contributed by atoms with Crippen LogP contribution in [0.5, 0.6) is 5.75 Å². The Kier molecular flexibility index (Phi) is 7.20. The summed E-state index contributed by atoms with van der Waals surface area (Å²) in [6.45, 7) is 10.2. The van der Waals surface area contributed by atoms with Gasteiger partial charge in [-0.05, 0) is 74.2 Å². The third kappa shape index (κ3) is 5.63. The summed E-state index contributed by atoms with van der Waals surface area (Å²) in [6, 6.07) is 15.1. The van der Waals surface area contributed by atoms with Crippen LogP contribution in [0.3, 0.4) is 0 Å². The molecular weight excluding hydrogens is 452 g/mol. The van der Waals surface area contributed by atoms with Gasteiger partial charge in [0, 0.05) is 31.4 Å². The van der Waals surface area contributed by atoms with Crippen LogP contribution in [0.15, 0.2) is 60.8 Å². The van der Waals surface area contributed by atoms with Gasteiger partial charge in [-0.1, -0.05) is 30.3 Å². The summed E-state index contributed by atoms with van der Waals surface area (Å²) in [5, 5.41) is 6.48. The fourth-order valence-corrected chi connectivity index (χ4v) is 4.05. The number of aryl methyl sites for hydroxylation is 4. The van der Waals surface area contributed by atoms with Gasteiger partial charge in [-0.15, -0.1) is 0 Å². The summed E-state index contributed by atoms with van der Waals surface area (Å²) in [7, 11) is 0. The monoisotopic (exact) mass is 482 g/mol. The van der Waals surface area contributed by atoms with E-state index in [1.165, 1.54) is 29.7 Å². The van der Waals surface area contributed by atoms with Crippen LogP contribution in [0.2, 0.25) is 0 Å². The van der Waals surface area contributed by atoms with Gasteiger partial charge >= 0.3 is 5.97 Å². The number of imidazole rings is 1. The van der Waals surface area contributed by atoms with Crippen molar-refractivity contribution in [3.05, 3.63) is 94.4 Å². The molecule has 184 valence electrons. The summed E-state index contributed by atoms with van der Waals surface area (Å²) >= 11 is 0. The predicted octanol–water partition coefficient (Wildman–Crippen LogP) is 5.76. The first-order chi connectivity index (χ1) is 17.2. The van der Waals surface area contributed by atoms with Gasteiger partial charge < -0.3 is 19.8 Å². The van der Waals surface area contributed by atoms with Gasteiger partial charge in [0.25, 0.3) is 0 Å². The zero-order chi connectivity index (χ0) is 25.8. The van der Waals surface area contributed by atoms with E-state index >= 15 is 0 Å². The van der Waals surface area contributed by atoms with Crippen molar-refractivity contribution >= 4 is 35.0 Å². The van der Waals surface area contributed by atoms with Gasteiger partial charge in [-0.2, -0.15) is 0 Å². The summed E-state index contributed by atoms with van der Waals surface area (Å²) in [4.78, 5) is 28.5. The first kappa shape index (κ1) is 24.7. The van der Waals surface area contributed by atoms with Gasteiger partial charge in [0.2, 0.25) is 5.91 Å². The smallest absolute Gasteiger partial charge is 0.308 e. The molecule has 36 heavy (non-hydrogen) atoms. The number of benzene rings is 2. The lowest BCUT2D eigenvalue weighted by molar-refractivity contribution is -0.131. The largest absolute Gasteiger partial charge is 0.427 e. The number of pyridine rings is 1. The maximum absolute atomic E-state index is 12.7. The van der Waals surface area contributed by atoms with Crippen LogP contribution in [0, 0.1) is 27.7 Å². The molecule has 0 radical (unpaired) electrons. The van der Waals surface area contributed by atoms with Gasteiger partial charge in [0.15, 0.2) is 5.65 Å². The Morgan fingerprint density at radius 3 is 2.39 bits per heavy atom. The molecule has 7 heteroatoms. The molecule has 4 rings (SSSR count). The van der Waals surface area contributed by atoms with E-state index in [0.29, 0.717) is 18.0 Å². The number of aromatic nitrogens is 2. The molecule has 0 fully saturated rings. The number of esters is 1. The number of nitrogens with one attached hydrogen (secondary N) is 2. The fraction of sp³-hybridized carbons (Fsp3) is 0.207. The molecule has 0 saturated heterocycles. The number of anilines is 2. The zero-order valence-corrected chi connectivity index (χ0v) is 21.2. The minimum Gasteiger partial charge on any atom is -0.427 e. The van der Waals surface area contributed by atoms with E-state index in [-0.39, 0.29) is 11.9 Å². The lowest BCUT2D eigenvalue weighted by Crippen LogP contribution is -2.10. The van der Waals surface area contributed by atoms with Crippen LogP contribution in [-0.2, 0) is 16.1 Å². The molecular formula is C29H30N4O3. The van der Waals surface area contributed by atoms with Gasteiger partial charge in [0.1, 0.15) is 5.75 Å². The molecule has 0 aliphatic rings. The summed E-state index contributed by atoms with van der Waals surface area (Å²) in [6.07, 6.45) is 5.06. The van der Waals surface area contributed by atoms with Crippen molar-refractivity contribution in [1.29, 1.82) is 0 Å². The van der Waals surface area contributed by atoms with Crippen molar-refractivity contribution in [2.45, 2.75) is 41.2 Å². The van der Waals surface area contributed by atoms with E-state index in [1.54, 1.807) is 30.3 Å². The normalized spacial score (nSPS) is 11.1. The number of carbonyl (C=O) groups excluding carboxylic acids is 2. The molecule has 2 heterocycles. The van der Waals surface area contributed by atoms with Crippen LogP contribution in [0.4, 0.5) is 11.4 Å². The lowest BCUT2D eigenvalue weighted by atomic mass is 10.0. The van der Waals surface area contributed by atoms with Crippen LogP contribution < -0.4 is 15.4 Å². The SMILES string of the molecule is CC(=O)Oc1ccc(/C=C/C(=O)Nc2cc(NCc3c(C)cccc3C)c3nc(C)c(C)n3c2)cc1. The molecule has 2 aromatic heterocycles. The van der Waals surface area contributed by atoms with Crippen LogP contribution in [-0.4, -0.2) is 21.3 Å². The number of carbonyl (C=O) groups is 2. The second-order valence-corrected chi connectivity index (χ2v) is 8.83. The van der Waals surface area contributed by atoms with E-state index in [1.807, 2.05) is 30.5 Å². The molecule has 0 unspecified atom stereocenters. The number of ether oxygens (including phenoxy) is 1. The van der Waals surface area contributed by atoms with E-state index in [9.17, 15) is 9.59 Å². The topological polar surface area (TPSA) is 84.7 Å².